The molecule has 0 aromatic rings. The van der Waals surface area contributed by atoms with Crippen LogP contribution in [-0.2, 0) is 4.79 Å². The molecule has 1 saturated carbocycles. The Bertz CT molecular complexity index is 290. The second kappa shape index (κ2) is 6.05. The van der Waals surface area contributed by atoms with E-state index in [1.807, 2.05) is 0 Å². The highest BCUT2D eigenvalue weighted by atomic mass is 16.2. The molecule has 0 radical (unpaired) electrons. The van der Waals surface area contributed by atoms with Crippen LogP contribution < -0.4 is 5.73 Å². The van der Waals surface area contributed by atoms with Gasteiger partial charge in [0.15, 0.2) is 0 Å². The van der Waals surface area contributed by atoms with Crippen molar-refractivity contribution in [1.29, 1.82) is 0 Å². The van der Waals surface area contributed by atoms with Crippen LogP contribution in [0.4, 0.5) is 0 Å². The van der Waals surface area contributed by atoms with E-state index in [1.165, 1.54) is 19.3 Å². The Morgan fingerprint density at radius 1 is 1.28 bits per heavy atom. The molecular weight excluding hydrogens is 224 g/mol. The topological polar surface area (TPSA) is 46.3 Å². The third-order valence-electron chi connectivity index (χ3n) is 4.77. The zero-order valence-electron chi connectivity index (χ0n) is 11.9. The van der Waals surface area contributed by atoms with Crippen LogP contribution in [0.25, 0.3) is 0 Å². The molecule has 4 unspecified atom stereocenters. The molecule has 0 aromatic heterocycles. The third kappa shape index (κ3) is 3.05. The minimum Gasteiger partial charge on any atom is -0.339 e. The van der Waals surface area contributed by atoms with Crippen LogP contribution in [-0.4, -0.2) is 29.9 Å². The van der Waals surface area contributed by atoms with E-state index in [0.29, 0.717) is 23.8 Å². The van der Waals surface area contributed by atoms with Gasteiger partial charge in [0.2, 0.25) is 5.91 Å². The lowest BCUT2D eigenvalue weighted by atomic mass is 9.79. The molecule has 1 saturated heterocycles. The second-order valence-corrected chi connectivity index (χ2v) is 6.49. The van der Waals surface area contributed by atoms with E-state index < -0.39 is 0 Å². The van der Waals surface area contributed by atoms with Crippen LogP contribution in [0, 0.1) is 17.8 Å². The average molecular weight is 252 g/mol. The minimum atomic E-state index is 0.281. The standard InChI is InChI=1S/C15H28N2O/c1-11-8-12(2)17(10-11)15(18)14-5-3-4-13(9-14)6-7-16/h11-14H,3-10,16H2,1-2H3. The van der Waals surface area contributed by atoms with E-state index in [4.69, 9.17) is 5.73 Å². The van der Waals surface area contributed by atoms with Crippen LogP contribution in [0.1, 0.15) is 52.4 Å². The van der Waals surface area contributed by atoms with Gasteiger partial charge in [-0.2, -0.15) is 0 Å². The maximum atomic E-state index is 12.6. The highest BCUT2D eigenvalue weighted by Crippen LogP contribution is 2.34. The number of carbonyl (C=O) groups is 1. The number of amides is 1. The van der Waals surface area contributed by atoms with Gasteiger partial charge in [0.05, 0.1) is 0 Å². The summed E-state index contributed by atoms with van der Waals surface area (Å²) in [4.78, 5) is 14.7. The maximum absolute atomic E-state index is 12.6. The summed E-state index contributed by atoms with van der Waals surface area (Å²) >= 11 is 0. The molecule has 18 heavy (non-hydrogen) atoms. The van der Waals surface area contributed by atoms with Crippen molar-refractivity contribution in [2.45, 2.75) is 58.4 Å². The van der Waals surface area contributed by atoms with E-state index in [-0.39, 0.29) is 5.92 Å². The molecule has 4 atom stereocenters. The lowest BCUT2D eigenvalue weighted by Gasteiger charge is -2.32. The smallest absolute Gasteiger partial charge is 0.225 e. The number of nitrogens with zero attached hydrogens (tertiary/aromatic N) is 1. The molecule has 1 amide bonds. The summed E-state index contributed by atoms with van der Waals surface area (Å²) in [7, 11) is 0. The first-order chi connectivity index (χ1) is 8.61. The summed E-state index contributed by atoms with van der Waals surface area (Å²) in [6.07, 6.45) is 6.91. The SMILES string of the molecule is CC1CC(C)N(C(=O)C2CCCC(CCN)C2)C1. The zero-order valence-corrected chi connectivity index (χ0v) is 11.9. The van der Waals surface area contributed by atoms with Gasteiger partial charge in [0.25, 0.3) is 0 Å². The summed E-state index contributed by atoms with van der Waals surface area (Å²) in [5, 5.41) is 0. The second-order valence-electron chi connectivity index (χ2n) is 6.49. The van der Waals surface area contributed by atoms with E-state index in [9.17, 15) is 4.79 Å². The van der Waals surface area contributed by atoms with Crippen molar-refractivity contribution in [2.24, 2.45) is 23.5 Å². The average Bonchev–Trinajstić information content (AvgIpc) is 2.68. The van der Waals surface area contributed by atoms with Gasteiger partial charge in [-0.05, 0) is 51.0 Å². The summed E-state index contributed by atoms with van der Waals surface area (Å²) in [6.45, 7) is 6.18. The molecule has 1 aliphatic heterocycles. The highest BCUT2D eigenvalue weighted by molar-refractivity contribution is 5.79. The van der Waals surface area contributed by atoms with Gasteiger partial charge < -0.3 is 10.6 Å². The van der Waals surface area contributed by atoms with Crippen LogP contribution in [0.3, 0.4) is 0 Å². The summed E-state index contributed by atoms with van der Waals surface area (Å²) < 4.78 is 0. The van der Waals surface area contributed by atoms with Gasteiger partial charge in [0, 0.05) is 18.5 Å². The van der Waals surface area contributed by atoms with Gasteiger partial charge in [-0.15, -0.1) is 0 Å². The number of nitrogens with two attached hydrogens (primary N) is 1. The molecule has 2 aliphatic rings. The van der Waals surface area contributed by atoms with E-state index >= 15 is 0 Å². The molecule has 0 bridgehead atoms. The molecule has 1 aliphatic carbocycles. The van der Waals surface area contributed by atoms with Crippen molar-refractivity contribution in [3.63, 3.8) is 0 Å². The summed E-state index contributed by atoms with van der Waals surface area (Å²) in [5.74, 6) is 2.07. The lowest BCUT2D eigenvalue weighted by Crippen LogP contribution is -2.40. The molecule has 3 heteroatoms. The first-order valence-corrected chi connectivity index (χ1v) is 7.62. The van der Waals surface area contributed by atoms with Crippen molar-refractivity contribution >= 4 is 5.91 Å². The van der Waals surface area contributed by atoms with E-state index in [2.05, 4.69) is 18.7 Å². The van der Waals surface area contributed by atoms with Gasteiger partial charge in [-0.1, -0.05) is 19.8 Å². The zero-order chi connectivity index (χ0) is 13.1. The van der Waals surface area contributed by atoms with Crippen LogP contribution in [0.15, 0.2) is 0 Å². The Morgan fingerprint density at radius 2 is 2.06 bits per heavy atom. The maximum Gasteiger partial charge on any atom is 0.225 e. The highest BCUT2D eigenvalue weighted by Gasteiger charge is 2.35. The van der Waals surface area contributed by atoms with E-state index in [1.54, 1.807) is 0 Å². The molecule has 2 N–H and O–H groups in total. The number of hydrogen-bond acceptors (Lipinski definition) is 2. The molecule has 104 valence electrons. The number of rotatable bonds is 3. The Labute approximate surface area is 111 Å². The van der Waals surface area contributed by atoms with Gasteiger partial charge in [-0.25, -0.2) is 0 Å². The Morgan fingerprint density at radius 3 is 2.67 bits per heavy atom. The van der Waals surface area contributed by atoms with Gasteiger partial charge in [-0.3, -0.25) is 4.79 Å². The molecule has 3 nitrogen and oxygen atoms in total. The first-order valence-electron chi connectivity index (χ1n) is 7.62. The minimum absolute atomic E-state index is 0.281. The third-order valence-corrected chi connectivity index (χ3v) is 4.77. The van der Waals surface area contributed by atoms with Crippen LogP contribution >= 0.6 is 0 Å². The van der Waals surface area contributed by atoms with Crippen molar-refractivity contribution < 1.29 is 4.79 Å². The Kier molecular flexibility index (Phi) is 4.66. The quantitative estimate of drug-likeness (QED) is 0.838. The van der Waals surface area contributed by atoms with Crippen molar-refractivity contribution in [2.75, 3.05) is 13.1 Å². The van der Waals surface area contributed by atoms with Crippen LogP contribution in [0.2, 0.25) is 0 Å². The molecule has 2 rings (SSSR count). The fourth-order valence-corrected chi connectivity index (χ4v) is 3.85. The fraction of sp³-hybridized carbons (Fsp3) is 0.933. The summed E-state index contributed by atoms with van der Waals surface area (Å²) in [5.41, 5.74) is 5.65. The molecule has 1 heterocycles. The molecule has 0 spiro atoms. The number of likely N-dealkylation sites (tertiary alicyclic amines) is 1. The van der Waals surface area contributed by atoms with Crippen molar-refractivity contribution in [3.05, 3.63) is 0 Å². The fourth-order valence-electron chi connectivity index (χ4n) is 3.85. The van der Waals surface area contributed by atoms with Crippen LogP contribution in [0.5, 0.6) is 0 Å². The first kappa shape index (κ1) is 13.9. The van der Waals surface area contributed by atoms with Crippen molar-refractivity contribution in [1.82, 2.24) is 4.90 Å². The Hall–Kier alpha value is -0.570. The monoisotopic (exact) mass is 252 g/mol. The molecule has 0 aromatic carbocycles. The largest absolute Gasteiger partial charge is 0.339 e. The Balaban J connectivity index is 1.92. The predicted octanol–water partition coefficient (Wildman–Crippen LogP) is 2.40. The van der Waals surface area contributed by atoms with Gasteiger partial charge in [0.1, 0.15) is 0 Å². The molecule has 2 fully saturated rings. The predicted molar refractivity (Wildman–Crippen MR) is 74.1 cm³/mol. The number of carbonyl (C=O) groups excluding carboxylic acids is 1. The summed E-state index contributed by atoms with van der Waals surface area (Å²) in [6, 6.07) is 0.447. The molecular formula is C15H28N2O. The number of hydrogen-bond donors (Lipinski definition) is 1. The van der Waals surface area contributed by atoms with E-state index in [0.717, 1.165) is 32.4 Å². The lowest BCUT2D eigenvalue weighted by molar-refractivity contribution is -0.137. The van der Waals surface area contributed by atoms with Gasteiger partial charge >= 0.3 is 0 Å². The normalized spacial score (nSPS) is 36.9. The van der Waals surface area contributed by atoms with Crippen molar-refractivity contribution in [3.8, 4) is 0 Å².